The fourth-order valence-corrected chi connectivity index (χ4v) is 1.92. The number of hydrogen-bond donors (Lipinski definition) is 1. The normalized spacial score (nSPS) is 11.2. The molecule has 0 aliphatic heterocycles. The van der Waals surface area contributed by atoms with Gasteiger partial charge in [0.25, 0.3) is 0 Å². The number of rotatable bonds is 5. The number of alkyl carbamates (subject to hydrolysis) is 1. The van der Waals surface area contributed by atoms with Crippen molar-refractivity contribution in [3.63, 3.8) is 0 Å². The van der Waals surface area contributed by atoms with Crippen LogP contribution in [0.4, 0.5) is 4.79 Å². The van der Waals surface area contributed by atoms with Crippen LogP contribution in [0.3, 0.4) is 0 Å². The van der Waals surface area contributed by atoms with Gasteiger partial charge in [-0.05, 0) is 45.7 Å². The van der Waals surface area contributed by atoms with Crippen molar-refractivity contribution in [1.29, 1.82) is 0 Å². The highest BCUT2D eigenvalue weighted by atomic mass is 35.5. The summed E-state index contributed by atoms with van der Waals surface area (Å²) >= 11 is 0. The Morgan fingerprint density at radius 1 is 1.20 bits per heavy atom. The van der Waals surface area contributed by atoms with E-state index in [0.29, 0.717) is 19.3 Å². The average Bonchev–Trinajstić information content (AvgIpc) is 2.52. The summed E-state index contributed by atoms with van der Waals surface area (Å²) < 4.78 is 9.89. The number of nitrogens with one attached hydrogen (secondary N) is 1. The van der Waals surface area contributed by atoms with E-state index in [1.165, 1.54) is 7.11 Å². The van der Waals surface area contributed by atoms with Crippen LogP contribution in [-0.2, 0) is 14.3 Å². The molecule has 1 amide bonds. The molecule has 6 heteroatoms. The fraction of sp³-hybridized carbons (Fsp3) is 0.474. The Kier molecular flexibility index (Phi) is 10.4. The molecule has 0 spiro atoms. The summed E-state index contributed by atoms with van der Waals surface area (Å²) in [6, 6.07) is 8.95. The maximum Gasteiger partial charge on any atom is 0.408 e. The number of methoxy groups -OCH3 is 1. The minimum absolute atomic E-state index is 0. The third-order valence-corrected chi connectivity index (χ3v) is 2.98. The number of hydrogen-bond acceptors (Lipinski definition) is 4. The van der Waals surface area contributed by atoms with Crippen molar-refractivity contribution >= 4 is 24.5 Å². The van der Waals surface area contributed by atoms with Gasteiger partial charge in [-0.3, -0.25) is 0 Å². The average molecular weight is 368 g/mol. The van der Waals surface area contributed by atoms with Gasteiger partial charge in [0.05, 0.1) is 7.11 Å². The lowest BCUT2D eigenvalue weighted by molar-refractivity contribution is -0.143. The molecule has 0 aromatic heterocycles. The number of ether oxygens (including phenoxy) is 2. The Labute approximate surface area is 155 Å². The third-order valence-electron chi connectivity index (χ3n) is 2.98. The summed E-state index contributed by atoms with van der Waals surface area (Å²) in [6.07, 6.45) is 1.09. The van der Waals surface area contributed by atoms with Crippen molar-refractivity contribution in [2.24, 2.45) is 0 Å². The fourth-order valence-electron chi connectivity index (χ4n) is 1.92. The molecule has 0 saturated carbocycles. The van der Waals surface area contributed by atoms with Crippen LogP contribution in [0.1, 0.15) is 45.6 Å². The highest BCUT2D eigenvalue weighted by molar-refractivity contribution is 5.85. The smallest absolute Gasteiger partial charge is 0.408 e. The Balaban J connectivity index is 0.00000576. The molecule has 0 heterocycles. The molecule has 1 aromatic carbocycles. The van der Waals surface area contributed by atoms with Crippen molar-refractivity contribution < 1.29 is 19.1 Å². The highest BCUT2D eigenvalue weighted by Crippen LogP contribution is 2.09. The molecule has 1 rings (SSSR count). The lowest BCUT2D eigenvalue weighted by atomic mass is 10.1. The van der Waals surface area contributed by atoms with Crippen molar-refractivity contribution in [1.82, 2.24) is 5.32 Å². The van der Waals surface area contributed by atoms with Gasteiger partial charge in [-0.1, -0.05) is 30.0 Å². The van der Waals surface area contributed by atoms with Gasteiger partial charge in [-0.15, -0.1) is 12.4 Å². The van der Waals surface area contributed by atoms with Gasteiger partial charge in [-0.2, -0.15) is 0 Å². The van der Waals surface area contributed by atoms with Gasteiger partial charge < -0.3 is 14.8 Å². The summed E-state index contributed by atoms with van der Waals surface area (Å²) in [5.41, 5.74) is 0.334. The molecule has 1 aromatic rings. The Morgan fingerprint density at radius 3 is 2.40 bits per heavy atom. The van der Waals surface area contributed by atoms with Gasteiger partial charge >= 0.3 is 12.1 Å². The molecule has 0 radical (unpaired) electrons. The quantitative estimate of drug-likeness (QED) is 0.489. The maximum absolute atomic E-state index is 11.8. The molecule has 0 fully saturated rings. The number of unbranched alkanes of at least 4 members (excludes halogenated alkanes) is 1. The Bertz CT molecular complexity index is 599. The number of carbonyl (C=O) groups excluding carboxylic acids is 2. The number of carbonyl (C=O) groups is 2. The van der Waals surface area contributed by atoms with E-state index in [0.717, 1.165) is 5.56 Å². The lowest BCUT2D eigenvalue weighted by Gasteiger charge is -2.22. The second kappa shape index (κ2) is 11.4. The van der Waals surface area contributed by atoms with Gasteiger partial charge in [0, 0.05) is 12.0 Å². The topological polar surface area (TPSA) is 64.6 Å². The first-order valence-electron chi connectivity index (χ1n) is 7.93. The monoisotopic (exact) mass is 367 g/mol. The van der Waals surface area contributed by atoms with E-state index in [-0.39, 0.29) is 12.4 Å². The summed E-state index contributed by atoms with van der Waals surface area (Å²) in [7, 11) is 1.29. The summed E-state index contributed by atoms with van der Waals surface area (Å²) in [6.45, 7) is 5.29. The number of benzene rings is 1. The van der Waals surface area contributed by atoms with E-state index >= 15 is 0 Å². The molecule has 1 atom stereocenters. The van der Waals surface area contributed by atoms with Gasteiger partial charge in [0.1, 0.15) is 11.6 Å². The van der Waals surface area contributed by atoms with Gasteiger partial charge in [-0.25, -0.2) is 9.59 Å². The first-order chi connectivity index (χ1) is 11.3. The van der Waals surface area contributed by atoms with Crippen molar-refractivity contribution in [3.8, 4) is 11.8 Å². The Hall–Kier alpha value is -2.19. The van der Waals surface area contributed by atoms with Crippen LogP contribution in [0.2, 0.25) is 0 Å². The van der Waals surface area contributed by atoms with Gasteiger partial charge in [0.15, 0.2) is 0 Å². The molecule has 0 aliphatic carbocycles. The third kappa shape index (κ3) is 10.3. The maximum atomic E-state index is 11.8. The van der Waals surface area contributed by atoms with Crippen LogP contribution >= 0.6 is 12.4 Å². The van der Waals surface area contributed by atoms with E-state index in [9.17, 15) is 9.59 Å². The van der Waals surface area contributed by atoms with E-state index in [2.05, 4.69) is 17.2 Å². The molecule has 0 unspecified atom stereocenters. The van der Waals surface area contributed by atoms with Crippen LogP contribution in [0.15, 0.2) is 30.3 Å². The summed E-state index contributed by atoms with van der Waals surface area (Å²) in [5.74, 6) is 5.63. The van der Waals surface area contributed by atoms with Crippen molar-refractivity contribution in [3.05, 3.63) is 35.9 Å². The van der Waals surface area contributed by atoms with Crippen LogP contribution in [-0.4, -0.2) is 30.8 Å². The molecule has 25 heavy (non-hydrogen) atoms. The molecular formula is C19H26ClNO4. The minimum atomic E-state index is -0.733. The Morgan fingerprint density at radius 2 is 1.84 bits per heavy atom. The molecule has 1 N–H and O–H groups in total. The van der Waals surface area contributed by atoms with Gasteiger partial charge in [0.2, 0.25) is 0 Å². The van der Waals surface area contributed by atoms with Crippen LogP contribution in [0, 0.1) is 11.8 Å². The molecular weight excluding hydrogens is 342 g/mol. The predicted molar refractivity (Wildman–Crippen MR) is 99.6 cm³/mol. The second-order valence-electron chi connectivity index (χ2n) is 6.28. The molecule has 0 aliphatic rings. The summed E-state index contributed by atoms with van der Waals surface area (Å²) in [5, 5.41) is 2.55. The van der Waals surface area contributed by atoms with E-state index < -0.39 is 23.7 Å². The highest BCUT2D eigenvalue weighted by Gasteiger charge is 2.24. The predicted octanol–water partition coefficient (Wildman–Crippen LogP) is 3.70. The van der Waals surface area contributed by atoms with Crippen LogP contribution in [0.25, 0.3) is 0 Å². The SMILES string of the molecule is COC(=O)[C@H](CCCC#Cc1ccccc1)NC(=O)OC(C)(C)C.Cl. The molecule has 0 saturated heterocycles. The molecule has 5 nitrogen and oxygen atoms in total. The number of halogens is 1. The minimum Gasteiger partial charge on any atom is -0.467 e. The van der Waals surface area contributed by atoms with E-state index in [1.54, 1.807) is 20.8 Å². The first kappa shape index (κ1) is 22.8. The lowest BCUT2D eigenvalue weighted by Crippen LogP contribution is -2.44. The largest absolute Gasteiger partial charge is 0.467 e. The zero-order valence-electron chi connectivity index (χ0n) is 15.1. The standard InChI is InChI=1S/C19H25NO4.ClH/c1-19(2,3)24-18(22)20-16(17(21)23-4)14-10-6-9-13-15-11-7-5-8-12-15;/h5,7-8,11-12,16H,6,10,14H2,1-4H3,(H,20,22);1H/t16-;/m0./s1. The second-order valence-corrected chi connectivity index (χ2v) is 6.28. The van der Waals surface area contributed by atoms with Crippen LogP contribution < -0.4 is 5.32 Å². The zero-order valence-corrected chi connectivity index (χ0v) is 15.9. The van der Waals surface area contributed by atoms with E-state index in [4.69, 9.17) is 9.47 Å². The number of amides is 1. The zero-order chi connectivity index (χ0) is 18.0. The molecule has 0 bridgehead atoms. The molecule has 138 valence electrons. The van der Waals surface area contributed by atoms with E-state index in [1.807, 2.05) is 30.3 Å². The first-order valence-corrected chi connectivity index (χ1v) is 7.93. The van der Waals surface area contributed by atoms with Crippen molar-refractivity contribution in [2.45, 2.75) is 51.7 Å². The summed E-state index contributed by atoms with van der Waals surface area (Å²) in [4.78, 5) is 23.6. The number of esters is 1. The van der Waals surface area contributed by atoms with Crippen molar-refractivity contribution in [2.75, 3.05) is 7.11 Å². The van der Waals surface area contributed by atoms with Crippen LogP contribution in [0.5, 0.6) is 0 Å².